The van der Waals surface area contributed by atoms with E-state index in [4.69, 9.17) is 21.3 Å². The maximum Gasteiger partial charge on any atom is 0.218 e. The molecule has 0 aliphatic carbocycles. The lowest BCUT2D eigenvalue weighted by molar-refractivity contribution is 0.115. The minimum absolute atomic E-state index is 0.467. The lowest BCUT2D eigenvalue weighted by Crippen LogP contribution is -2.32. The monoisotopic (exact) mass is 564 g/mol. The van der Waals surface area contributed by atoms with Crippen LogP contribution in [0.4, 0.5) is 0 Å². The molecule has 4 aromatic heterocycles. The molecule has 2 aromatic carbocycles. The lowest BCUT2D eigenvalue weighted by Gasteiger charge is -2.30. The molecule has 1 unspecified atom stereocenters. The van der Waals surface area contributed by atoms with Crippen molar-refractivity contribution < 1.29 is 9.84 Å². The zero-order chi connectivity index (χ0) is 28.7. The summed E-state index contributed by atoms with van der Waals surface area (Å²) in [6.07, 6.45) is 6.12. The predicted molar refractivity (Wildman–Crippen MR) is 159 cm³/mol. The summed E-state index contributed by atoms with van der Waals surface area (Å²) in [5.41, 5.74) is 5.28. The largest absolute Gasteiger partial charge is 0.481 e. The number of rotatable bonds is 7. The van der Waals surface area contributed by atoms with E-state index in [1.54, 1.807) is 25.0 Å². The molecule has 4 heterocycles. The van der Waals surface area contributed by atoms with Crippen molar-refractivity contribution in [1.29, 1.82) is 0 Å². The first kappa shape index (κ1) is 26.7. The van der Waals surface area contributed by atoms with Gasteiger partial charge >= 0.3 is 0 Å². The highest BCUT2D eigenvalue weighted by atomic mass is 35.5. The molecule has 0 radical (unpaired) electrons. The third-order valence-electron chi connectivity index (χ3n) is 7.51. The number of pyridine rings is 2. The average Bonchev–Trinajstić information content (AvgIpc) is 3.67. The van der Waals surface area contributed by atoms with Crippen molar-refractivity contribution in [2.45, 2.75) is 25.9 Å². The molecule has 6 rings (SSSR count). The van der Waals surface area contributed by atoms with Gasteiger partial charge in [0.1, 0.15) is 0 Å². The third kappa shape index (κ3) is 4.65. The Kier molecular flexibility index (Phi) is 6.81. The molecule has 0 amide bonds. The summed E-state index contributed by atoms with van der Waals surface area (Å²) in [6, 6.07) is 21.6. The van der Waals surface area contributed by atoms with Crippen molar-refractivity contribution in [2.24, 2.45) is 7.05 Å². The Labute approximate surface area is 242 Å². The summed E-state index contributed by atoms with van der Waals surface area (Å²) in [5.74, 6) is 0.467. The fraction of sp³-hybridized carbons (Fsp3) is 0.188. The number of aliphatic hydroxyl groups is 1. The Morgan fingerprint density at radius 2 is 1.73 bits per heavy atom. The van der Waals surface area contributed by atoms with Crippen molar-refractivity contribution in [3.8, 4) is 11.6 Å². The van der Waals surface area contributed by atoms with Crippen LogP contribution in [0.25, 0.3) is 16.6 Å². The van der Waals surface area contributed by atoms with E-state index in [2.05, 4.69) is 44.1 Å². The molecule has 1 atom stereocenters. The molecular formula is C32H29ClN6O2. The van der Waals surface area contributed by atoms with Crippen molar-refractivity contribution >= 4 is 22.5 Å². The molecule has 0 fully saturated rings. The second kappa shape index (κ2) is 10.5. The van der Waals surface area contributed by atoms with Gasteiger partial charge in [-0.15, -0.1) is 5.10 Å². The molecule has 0 spiro atoms. The van der Waals surface area contributed by atoms with Gasteiger partial charge in [-0.3, -0.25) is 4.98 Å². The second-order valence-corrected chi connectivity index (χ2v) is 10.5. The summed E-state index contributed by atoms with van der Waals surface area (Å²) in [7, 11) is 3.35. The Hall–Kier alpha value is -4.53. The van der Waals surface area contributed by atoms with Crippen LogP contribution < -0.4 is 4.74 Å². The highest BCUT2D eigenvalue weighted by Crippen LogP contribution is 2.41. The molecule has 0 saturated carbocycles. The number of benzene rings is 2. The van der Waals surface area contributed by atoms with Gasteiger partial charge in [0.2, 0.25) is 5.88 Å². The SMILES string of the molecule is COc1nc2ccc(C(O)(c3ccc(C)nc3C)c3cnnn3C)cc2c(Cl)c1Cc1ccc(-n2cccc2)cc1. The molecule has 8 nitrogen and oxygen atoms in total. The number of hydrogen-bond acceptors (Lipinski definition) is 6. The summed E-state index contributed by atoms with van der Waals surface area (Å²) in [5, 5.41) is 21.9. The fourth-order valence-corrected chi connectivity index (χ4v) is 5.71. The number of hydrogen-bond donors (Lipinski definition) is 1. The molecule has 6 aromatic rings. The van der Waals surface area contributed by atoms with Crippen molar-refractivity contribution in [2.75, 3.05) is 7.11 Å². The van der Waals surface area contributed by atoms with Gasteiger partial charge in [0.25, 0.3) is 0 Å². The van der Waals surface area contributed by atoms with E-state index in [-0.39, 0.29) is 0 Å². The van der Waals surface area contributed by atoms with Gasteiger partial charge < -0.3 is 14.4 Å². The molecule has 1 N–H and O–H groups in total. The quantitative estimate of drug-likeness (QED) is 0.267. The summed E-state index contributed by atoms with van der Waals surface area (Å²) in [6.45, 7) is 3.81. The van der Waals surface area contributed by atoms with Crippen LogP contribution in [-0.2, 0) is 19.1 Å². The minimum Gasteiger partial charge on any atom is -0.481 e. The van der Waals surface area contributed by atoms with Crippen LogP contribution in [0.5, 0.6) is 5.88 Å². The van der Waals surface area contributed by atoms with Crippen LogP contribution >= 0.6 is 11.6 Å². The first-order valence-electron chi connectivity index (χ1n) is 13.2. The number of aryl methyl sites for hydroxylation is 3. The van der Waals surface area contributed by atoms with Gasteiger partial charge in [-0.25, -0.2) is 9.67 Å². The van der Waals surface area contributed by atoms with Crippen molar-refractivity contribution in [3.63, 3.8) is 0 Å². The standard InChI is InChI=1S/C32H29ClN6O2/c1-20-7-13-27(21(2)35-20)32(40,29-19-34-37-38(29)3)23-10-14-28-25(18-23)30(33)26(31(36-28)41-4)17-22-8-11-24(12-9-22)39-15-5-6-16-39/h5-16,18-19,40H,17H2,1-4H3. The van der Waals surface area contributed by atoms with E-state index in [0.29, 0.717) is 50.7 Å². The van der Waals surface area contributed by atoms with Gasteiger partial charge in [-0.1, -0.05) is 41.1 Å². The van der Waals surface area contributed by atoms with E-state index >= 15 is 0 Å². The molecular weight excluding hydrogens is 536 g/mol. The molecule has 41 heavy (non-hydrogen) atoms. The highest BCUT2D eigenvalue weighted by Gasteiger charge is 2.39. The van der Waals surface area contributed by atoms with Gasteiger partial charge in [0.05, 0.1) is 29.5 Å². The normalized spacial score (nSPS) is 12.9. The minimum atomic E-state index is -1.59. The van der Waals surface area contributed by atoms with Gasteiger partial charge in [-0.2, -0.15) is 0 Å². The van der Waals surface area contributed by atoms with Gasteiger partial charge in [0, 0.05) is 59.5 Å². The number of ether oxygens (including phenoxy) is 1. The van der Waals surface area contributed by atoms with Crippen LogP contribution in [0, 0.1) is 13.8 Å². The Morgan fingerprint density at radius 1 is 0.976 bits per heavy atom. The fourth-order valence-electron chi connectivity index (χ4n) is 5.41. The number of aromatic nitrogens is 6. The lowest BCUT2D eigenvalue weighted by atomic mass is 9.82. The smallest absolute Gasteiger partial charge is 0.218 e. The number of fused-ring (bicyclic) bond motifs is 1. The zero-order valence-corrected chi connectivity index (χ0v) is 24.0. The predicted octanol–water partition coefficient (Wildman–Crippen LogP) is 5.70. The third-order valence-corrected chi connectivity index (χ3v) is 7.94. The molecule has 0 saturated heterocycles. The Balaban J connectivity index is 1.48. The maximum absolute atomic E-state index is 12.5. The second-order valence-electron chi connectivity index (χ2n) is 10.1. The Morgan fingerprint density at radius 3 is 2.39 bits per heavy atom. The van der Waals surface area contributed by atoms with Crippen LogP contribution in [0.1, 0.15) is 39.3 Å². The maximum atomic E-state index is 12.5. The number of methoxy groups -OCH3 is 1. The van der Waals surface area contributed by atoms with Gasteiger partial charge in [0.15, 0.2) is 5.60 Å². The summed E-state index contributed by atoms with van der Waals surface area (Å²) < 4.78 is 9.31. The molecule has 0 aliphatic heterocycles. The summed E-state index contributed by atoms with van der Waals surface area (Å²) >= 11 is 7.12. The van der Waals surface area contributed by atoms with Crippen molar-refractivity contribution in [3.05, 3.63) is 130 Å². The molecule has 9 heteroatoms. The van der Waals surface area contributed by atoms with Crippen LogP contribution in [0.3, 0.4) is 0 Å². The first-order valence-corrected chi connectivity index (χ1v) is 13.6. The van der Waals surface area contributed by atoms with E-state index in [1.165, 1.54) is 0 Å². The van der Waals surface area contributed by atoms with Gasteiger partial charge in [-0.05, 0) is 67.4 Å². The molecule has 0 aliphatic rings. The zero-order valence-electron chi connectivity index (χ0n) is 23.2. The van der Waals surface area contributed by atoms with Crippen LogP contribution in [0.15, 0.2) is 85.3 Å². The number of nitrogens with zero attached hydrogens (tertiary/aromatic N) is 6. The van der Waals surface area contributed by atoms with E-state index in [0.717, 1.165) is 22.5 Å². The highest BCUT2D eigenvalue weighted by molar-refractivity contribution is 6.36. The topological polar surface area (TPSA) is 90.9 Å². The van der Waals surface area contributed by atoms with E-state index in [1.807, 2.05) is 68.7 Å². The average molecular weight is 565 g/mol. The first-order chi connectivity index (χ1) is 19.8. The summed E-state index contributed by atoms with van der Waals surface area (Å²) in [4.78, 5) is 9.40. The molecule has 206 valence electrons. The molecule has 0 bridgehead atoms. The number of halogens is 1. The van der Waals surface area contributed by atoms with Crippen LogP contribution in [0.2, 0.25) is 5.02 Å². The van der Waals surface area contributed by atoms with Crippen LogP contribution in [-0.4, -0.2) is 41.7 Å². The van der Waals surface area contributed by atoms with E-state index in [9.17, 15) is 5.11 Å². The van der Waals surface area contributed by atoms with E-state index < -0.39 is 5.60 Å². The Bertz CT molecular complexity index is 1860. The van der Waals surface area contributed by atoms with Crippen molar-refractivity contribution in [1.82, 2.24) is 29.5 Å².